The molecule has 182 valence electrons. The zero-order valence-electron chi connectivity index (χ0n) is 19.1. The molecule has 13 nitrogen and oxygen atoms in total. The zero-order chi connectivity index (χ0) is 24.5. The van der Waals surface area contributed by atoms with Gasteiger partial charge in [0.1, 0.15) is 17.9 Å². The molecule has 4 atom stereocenters. The first kappa shape index (κ1) is 22.8. The molecule has 1 amide bonds. The number of nitrogens with zero attached hydrogens (tertiary/aromatic N) is 7. The highest BCUT2D eigenvalue weighted by molar-refractivity contribution is 5.84. The Morgan fingerprint density at radius 2 is 2.00 bits per heavy atom. The first-order valence-electron chi connectivity index (χ1n) is 11.2. The van der Waals surface area contributed by atoms with Crippen LogP contribution in [0.4, 0.5) is 5.82 Å². The standard InChI is InChI=1S/C22H25N9O4/c1-3-8-25-18-14-19(30(11-26-14)21-16(33)15(32)17(35-21)20(34)23-2)28-22(27-18)31-10-7-13(29-31)12-6-4-5-9-24-12/h4-7,9-11,15-17,21,32-33H,3,8H2,1-2H3,(H,23,34)(H,25,27,28)/t15-,16+,17-,21+/m0/s1. The fourth-order valence-electron chi connectivity index (χ4n) is 3.89. The molecule has 5 rings (SSSR count). The van der Waals surface area contributed by atoms with Crippen LogP contribution in [0.2, 0.25) is 0 Å². The van der Waals surface area contributed by atoms with E-state index in [-0.39, 0.29) is 5.95 Å². The molecule has 1 saturated heterocycles. The van der Waals surface area contributed by atoms with Crippen molar-refractivity contribution in [1.82, 2.24) is 39.6 Å². The van der Waals surface area contributed by atoms with E-state index in [1.807, 2.05) is 25.1 Å². The Balaban J connectivity index is 1.58. The maximum atomic E-state index is 12.1. The van der Waals surface area contributed by atoms with Crippen LogP contribution in [0.3, 0.4) is 0 Å². The Morgan fingerprint density at radius 3 is 2.74 bits per heavy atom. The summed E-state index contributed by atoms with van der Waals surface area (Å²) in [5, 5.41) is 31.3. The maximum Gasteiger partial charge on any atom is 0.254 e. The fourth-order valence-corrected chi connectivity index (χ4v) is 3.89. The van der Waals surface area contributed by atoms with Crippen LogP contribution in [-0.4, -0.2) is 82.3 Å². The zero-order valence-corrected chi connectivity index (χ0v) is 19.1. The minimum Gasteiger partial charge on any atom is -0.387 e. The van der Waals surface area contributed by atoms with Crippen molar-refractivity contribution in [3.63, 3.8) is 0 Å². The number of ether oxygens (including phenoxy) is 1. The van der Waals surface area contributed by atoms with E-state index in [0.717, 1.165) is 6.42 Å². The van der Waals surface area contributed by atoms with Crippen LogP contribution < -0.4 is 10.6 Å². The number of hydrogen-bond donors (Lipinski definition) is 4. The van der Waals surface area contributed by atoms with Crippen LogP contribution in [0.25, 0.3) is 28.5 Å². The summed E-state index contributed by atoms with van der Waals surface area (Å²) in [6.45, 7) is 2.68. The Morgan fingerprint density at radius 1 is 1.14 bits per heavy atom. The lowest BCUT2D eigenvalue weighted by atomic mass is 10.1. The molecule has 1 fully saturated rings. The number of nitrogens with one attached hydrogen (secondary N) is 2. The van der Waals surface area contributed by atoms with Gasteiger partial charge in [-0.1, -0.05) is 13.0 Å². The van der Waals surface area contributed by atoms with Gasteiger partial charge >= 0.3 is 0 Å². The summed E-state index contributed by atoms with van der Waals surface area (Å²) in [6, 6.07) is 7.37. The molecule has 0 radical (unpaired) electrons. The second-order valence-electron chi connectivity index (χ2n) is 8.03. The predicted octanol–water partition coefficient (Wildman–Crippen LogP) is 0.261. The first-order valence-corrected chi connectivity index (χ1v) is 11.2. The second-order valence-corrected chi connectivity index (χ2v) is 8.03. The number of amides is 1. The topological polar surface area (TPSA) is 165 Å². The summed E-state index contributed by atoms with van der Waals surface area (Å²) in [5.74, 6) is 0.204. The molecule has 4 aromatic rings. The molecule has 1 aliphatic heterocycles. The Bertz CT molecular complexity index is 1340. The summed E-state index contributed by atoms with van der Waals surface area (Å²) in [7, 11) is 1.43. The quantitative estimate of drug-likeness (QED) is 0.289. The highest BCUT2D eigenvalue weighted by atomic mass is 16.6. The molecule has 4 aromatic heterocycles. The highest BCUT2D eigenvalue weighted by Crippen LogP contribution is 2.33. The highest BCUT2D eigenvalue weighted by Gasteiger charge is 2.47. The third-order valence-corrected chi connectivity index (χ3v) is 5.69. The SMILES string of the molecule is CCCNc1nc(-n2ccc(-c3ccccn3)n2)nc2c1ncn2[C@@H]1O[C@H](C(=O)NC)[C@@H](O)[C@H]1O. The fraction of sp³-hybridized carbons (Fsp3) is 0.364. The van der Waals surface area contributed by atoms with Gasteiger partial charge in [-0.2, -0.15) is 15.1 Å². The van der Waals surface area contributed by atoms with Gasteiger partial charge in [0.15, 0.2) is 29.3 Å². The predicted molar refractivity (Wildman–Crippen MR) is 124 cm³/mol. The number of likely N-dealkylation sites (N-methyl/N-ethyl adjacent to an activating group) is 1. The average molecular weight is 480 g/mol. The lowest BCUT2D eigenvalue weighted by molar-refractivity contribution is -0.137. The largest absolute Gasteiger partial charge is 0.387 e. The lowest BCUT2D eigenvalue weighted by Gasteiger charge is -2.17. The number of anilines is 1. The second kappa shape index (κ2) is 9.37. The molecule has 0 aromatic carbocycles. The van der Waals surface area contributed by atoms with Crippen LogP contribution in [0.1, 0.15) is 19.6 Å². The summed E-state index contributed by atoms with van der Waals surface area (Å²) in [4.78, 5) is 30.1. The minimum atomic E-state index is -1.41. The minimum absolute atomic E-state index is 0.260. The maximum absolute atomic E-state index is 12.1. The van der Waals surface area contributed by atoms with Crippen LogP contribution in [0.15, 0.2) is 43.0 Å². The third kappa shape index (κ3) is 4.09. The number of imidazole rings is 1. The van der Waals surface area contributed by atoms with Gasteiger partial charge < -0.3 is 25.6 Å². The smallest absolute Gasteiger partial charge is 0.254 e. The van der Waals surface area contributed by atoms with Gasteiger partial charge in [-0.15, -0.1) is 0 Å². The van der Waals surface area contributed by atoms with Gasteiger partial charge in [-0.3, -0.25) is 14.3 Å². The van der Waals surface area contributed by atoms with Crippen molar-refractivity contribution >= 4 is 22.9 Å². The summed E-state index contributed by atoms with van der Waals surface area (Å²) in [6.07, 6.45) is 0.609. The van der Waals surface area contributed by atoms with Crippen LogP contribution in [0, 0.1) is 0 Å². The van der Waals surface area contributed by atoms with E-state index < -0.39 is 30.4 Å². The lowest BCUT2D eigenvalue weighted by Crippen LogP contribution is -2.41. The van der Waals surface area contributed by atoms with E-state index >= 15 is 0 Å². The van der Waals surface area contributed by atoms with Crippen molar-refractivity contribution in [3.05, 3.63) is 43.0 Å². The van der Waals surface area contributed by atoms with Crippen LogP contribution in [-0.2, 0) is 9.53 Å². The number of pyridine rings is 1. The van der Waals surface area contributed by atoms with E-state index in [1.54, 1.807) is 18.5 Å². The number of carbonyl (C=O) groups excluding carboxylic acids is 1. The third-order valence-electron chi connectivity index (χ3n) is 5.69. The molecule has 0 bridgehead atoms. The van der Waals surface area contributed by atoms with Crippen molar-refractivity contribution in [2.75, 3.05) is 18.9 Å². The van der Waals surface area contributed by atoms with Gasteiger partial charge in [-0.25, -0.2) is 9.67 Å². The molecule has 0 aliphatic carbocycles. The van der Waals surface area contributed by atoms with Crippen LogP contribution in [0.5, 0.6) is 0 Å². The van der Waals surface area contributed by atoms with E-state index in [0.29, 0.717) is 34.9 Å². The average Bonchev–Trinajstić information content (AvgIpc) is 3.61. The van der Waals surface area contributed by atoms with Gasteiger partial charge in [0.25, 0.3) is 11.9 Å². The molecular formula is C22H25N9O4. The Labute approximate surface area is 199 Å². The molecular weight excluding hydrogens is 454 g/mol. The van der Waals surface area contributed by atoms with E-state index in [2.05, 4.69) is 35.7 Å². The number of aliphatic hydroxyl groups excluding tert-OH is 2. The summed E-state index contributed by atoms with van der Waals surface area (Å²) < 4.78 is 8.72. The Hall–Kier alpha value is -3.94. The molecule has 5 heterocycles. The van der Waals surface area contributed by atoms with Crippen molar-refractivity contribution in [1.29, 1.82) is 0 Å². The van der Waals surface area contributed by atoms with Crippen molar-refractivity contribution in [2.24, 2.45) is 0 Å². The molecule has 35 heavy (non-hydrogen) atoms. The molecule has 0 spiro atoms. The summed E-state index contributed by atoms with van der Waals surface area (Å²) in [5.41, 5.74) is 2.15. The number of hydrogen-bond acceptors (Lipinski definition) is 10. The van der Waals surface area contributed by atoms with Crippen LogP contribution >= 0.6 is 0 Å². The number of aliphatic hydroxyl groups is 2. The first-order chi connectivity index (χ1) is 17.0. The monoisotopic (exact) mass is 479 g/mol. The van der Waals surface area contributed by atoms with Gasteiger partial charge in [0.2, 0.25) is 0 Å². The number of aromatic nitrogens is 7. The number of rotatable bonds is 7. The summed E-state index contributed by atoms with van der Waals surface area (Å²) >= 11 is 0. The molecule has 1 aliphatic rings. The molecule has 4 N–H and O–H groups in total. The van der Waals surface area contributed by atoms with Crippen molar-refractivity contribution in [3.8, 4) is 17.3 Å². The van der Waals surface area contributed by atoms with Crippen molar-refractivity contribution < 1.29 is 19.7 Å². The number of carbonyl (C=O) groups is 1. The Kier molecular flexibility index (Phi) is 6.11. The van der Waals surface area contributed by atoms with E-state index in [9.17, 15) is 15.0 Å². The van der Waals surface area contributed by atoms with Gasteiger partial charge in [0, 0.05) is 26.0 Å². The normalized spacial score (nSPS) is 21.9. The van der Waals surface area contributed by atoms with Crippen molar-refractivity contribution in [2.45, 2.75) is 37.9 Å². The molecule has 0 saturated carbocycles. The number of fused-ring (bicyclic) bond motifs is 1. The van der Waals surface area contributed by atoms with E-state index in [4.69, 9.17) is 4.74 Å². The van der Waals surface area contributed by atoms with E-state index in [1.165, 1.54) is 22.6 Å². The molecule has 13 heteroatoms. The molecule has 0 unspecified atom stereocenters. The van der Waals surface area contributed by atoms with Gasteiger partial charge in [-0.05, 0) is 24.6 Å². The van der Waals surface area contributed by atoms with Gasteiger partial charge in [0.05, 0.1) is 12.0 Å².